The van der Waals surface area contributed by atoms with Crippen LogP contribution < -0.4 is 10.2 Å². The molecule has 0 N–H and O–H groups in total. The summed E-state index contributed by atoms with van der Waals surface area (Å²) in [6, 6.07) is 11.2. The van der Waals surface area contributed by atoms with Gasteiger partial charge in [0.2, 0.25) is 5.43 Å². The van der Waals surface area contributed by atoms with E-state index in [2.05, 4.69) is 0 Å². The SMILES string of the molecule is CCc1c(OCc2ccccc2)c(=O)ccn1CCOC(=O)C(C)C. The lowest BCUT2D eigenvalue weighted by Gasteiger charge is -2.17. The van der Waals surface area contributed by atoms with Gasteiger partial charge in [0.15, 0.2) is 5.75 Å². The Morgan fingerprint density at radius 1 is 1.16 bits per heavy atom. The minimum absolute atomic E-state index is 0.136. The van der Waals surface area contributed by atoms with E-state index in [4.69, 9.17) is 9.47 Å². The Morgan fingerprint density at radius 3 is 2.52 bits per heavy atom. The van der Waals surface area contributed by atoms with Crippen molar-refractivity contribution in [3.05, 3.63) is 64.1 Å². The Hall–Kier alpha value is -2.56. The van der Waals surface area contributed by atoms with Crippen molar-refractivity contribution in [2.24, 2.45) is 5.92 Å². The highest BCUT2D eigenvalue weighted by atomic mass is 16.5. The number of ether oxygens (including phenoxy) is 2. The fraction of sp³-hybridized carbons (Fsp3) is 0.400. The molecule has 0 saturated carbocycles. The average molecular weight is 343 g/mol. The first kappa shape index (κ1) is 18.8. The van der Waals surface area contributed by atoms with Gasteiger partial charge in [-0.1, -0.05) is 51.1 Å². The second kappa shape index (κ2) is 9.06. The predicted octanol–water partition coefficient (Wildman–Crippen LogP) is 3.19. The summed E-state index contributed by atoms with van der Waals surface area (Å²) in [7, 11) is 0. The fourth-order valence-electron chi connectivity index (χ4n) is 2.46. The highest BCUT2D eigenvalue weighted by Gasteiger charge is 2.13. The molecule has 0 unspecified atom stereocenters. The van der Waals surface area contributed by atoms with E-state index in [1.165, 1.54) is 6.07 Å². The highest BCUT2D eigenvalue weighted by Crippen LogP contribution is 2.16. The van der Waals surface area contributed by atoms with Crippen molar-refractivity contribution in [2.45, 2.75) is 40.3 Å². The van der Waals surface area contributed by atoms with Gasteiger partial charge in [0.1, 0.15) is 13.2 Å². The van der Waals surface area contributed by atoms with Gasteiger partial charge in [-0.3, -0.25) is 9.59 Å². The molecule has 0 fully saturated rings. The first-order valence-corrected chi connectivity index (χ1v) is 8.58. The summed E-state index contributed by atoms with van der Waals surface area (Å²) in [4.78, 5) is 23.8. The Bertz CT molecular complexity index is 750. The molecule has 0 saturated heterocycles. The van der Waals surface area contributed by atoms with Crippen molar-refractivity contribution in [1.29, 1.82) is 0 Å². The van der Waals surface area contributed by atoms with Crippen LogP contribution in [0.2, 0.25) is 0 Å². The maximum Gasteiger partial charge on any atom is 0.308 e. The van der Waals surface area contributed by atoms with E-state index in [0.29, 0.717) is 25.3 Å². The molecule has 0 spiro atoms. The van der Waals surface area contributed by atoms with E-state index in [1.54, 1.807) is 20.0 Å². The molecule has 2 rings (SSSR count). The molecule has 1 heterocycles. The number of esters is 1. The van der Waals surface area contributed by atoms with E-state index < -0.39 is 0 Å². The van der Waals surface area contributed by atoms with Crippen molar-refractivity contribution < 1.29 is 14.3 Å². The van der Waals surface area contributed by atoms with Crippen LogP contribution in [0, 0.1) is 5.92 Å². The number of rotatable bonds is 8. The Labute approximate surface area is 148 Å². The van der Waals surface area contributed by atoms with Crippen molar-refractivity contribution in [2.75, 3.05) is 6.61 Å². The summed E-state index contributed by atoms with van der Waals surface area (Å²) in [5.74, 6) is -0.00638. The number of hydrogen-bond acceptors (Lipinski definition) is 4. The third-order valence-corrected chi connectivity index (χ3v) is 3.85. The molecule has 0 aliphatic heterocycles. The quantitative estimate of drug-likeness (QED) is 0.691. The molecule has 0 amide bonds. The van der Waals surface area contributed by atoms with Crippen LogP contribution in [0.4, 0.5) is 0 Å². The van der Waals surface area contributed by atoms with Crippen LogP contribution >= 0.6 is 0 Å². The minimum Gasteiger partial charge on any atom is -0.483 e. The lowest BCUT2D eigenvalue weighted by atomic mass is 10.2. The third kappa shape index (κ3) is 5.21. The fourth-order valence-corrected chi connectivity index (χ4v) is 2.46. The molecule has 0 aliphatic carbocycles. The Kier molecular flexibility index (Phi) is 6.81. The average Bonchev–Trinajstić information content (AvgIpc) is 2.62. The van der Waals surface area contributed by atoms with Gasteiger partial charge in [0, 0.05) is 12.3 Å². The standard InChI is InChI=1S/C20H25NO4/c1-4-17-19(25-14-16-8-6-5-7-9-16)18(22)10-11-21(17)12-13-24-20(23)15(2)3/h5-11,15H,4,12-14H2,1-3H3. The number of aromatic nitrogens is 1. The van der Waals surface area contributed by atoms with Gasteiger partial charge in [-0.15, -0.1) is 0 Å². The minimum atomic E-state index is -0.223. The van der Waals surface area contributed by atoms with E-state index in [1.807, 2.05) is 41.8 Å². The Morgan fingerprint density at radius 2 is 1.88 bits per heavy atom. The van der Waals surface area contributed by atoms with Crippen LogP contribution in [-0.2, 0) is 29.1 Å². The summed E-state index contributed by atoms with van der Waals surface area (Å²) < 4.78 is 12.9. The third-order valence-electron chi connectivity index (χ3n) is 3.85. The van der Waals surface area contributed by atoms with E-state index >= 15 is 0 Å². The largest absolute Gasteiger partial charge is 0.483 e. The lowest BCUT2D eigenvalue weighted by molar-refractivity contribution is -0.147. The number of pyridine rings is 1. The summed E-state index contributed by atoms with van der Waals surface area (Å²) >= 11 is 0. The highest BCUT2D eigenvalue weighted by molar-refractivity contribution is 5.71. The molecule has 0 bridgehead atoms. The van der Waals surface area contributed by atoms with Crippen LogP contribution in [0.25, 0.3) is 0 Å². The molecule has 5 heteroatoms. The second-order valence-corrected chi connectivity index (χ2v) is 6.10. The van der Waals surface area contributed by atoms with E-state index in [-0.39, 0.29) is 23.9 Å². The van der Waals surface area contributed by atoms with Crippen molar-refractivity contribution in [3.8, 4) is 5.75 Å². The van der Waals surface area contributed by atoms with Gasteiger partial charge in [0.05, 0.1) is 18.2 Å². The molecular weight excluding hydrogens is 318 g/mol. The van der Waals surface area contributed by atoms with Crippen molar-refractivity contribution in [3.63, 3.8) is 0 Å². The number of hydrogen-bond donors (Lipinski definition) is 0. The van der Waals surface area contributed by atoms with Gasteiger partial charge in [-0.2, -0.15) is 0 Å². The molecular formula is C20H25NO4. The molecule has 0 atom stereocenters. The molecule has 5 nitrogen and oxygen atoms in total. The number of nitrogens with zero attached hydrogens (tertiary/aromatic N) is 1. The van der Waals surface area contributed by atoms with Gasteiger partial charge < -0.3 is 14.0 Å². The molecule has 2 aromatic rings. The molecule has 0 radical (unpaired) electrons. The van der Waals surface area contributed by atoms with E-state index in [0.717, 1.165) is 11.3 Å². The summed E-state index contributed by atoms with van der Waals surface area (Å²) in [6.45, 7) is 6.67. The van der Waals surface area contributed by atoms with Gasteiger partial charge in [-0.25, -0.2) is 0 Å². The van der Waals surface area contributed by atoms with Gasteiger partial charge >= 0.3 is 5.97 Å². The molecule has 1 aromatic carbocycles. The van der Waals surface area contributed by atoms with Gasteiger partial charge in [0.25, 0.3) is 0 Å². The zero-order valence-corrected chi connectivity index (χ0v) is 15.0. The maximum absolute atomic E-state index is 12.2. The van der Waals surface area contributed by atoms with Crippen LogP contribution in [0.15, 0.2) is 47.4 Å². The lowest BCUT2D eigenvalue weighted by Crippen LogP contribution is -2.20. The summed E-state index contributed by atoms with van der Waals surface area (Å²) in [6.07, 6.45) is 2.37. The maximum atomic E-state index is 12.2. The van der Waals surface area contributed by atoms with Crippen LogP contribution in [0.1, 0.15) is 32.0 Å². The zero-order valence-electron chi connectivity index (χ0n) is 15.0. The molecule has 134 valence electrons. The van der Waals surface area contributed by atoms with Crippen molar-refractivity contribution >= 4 is 5.97 Å². The molecule has 1 aromatic heterocycles. The van der Waals surface area contributed by atoms with Gasteiger partial charge in [-0.05, 0) is 12.0 Å². The predicted molar refractivity (Wildman–Crippen MR) is 96.7 cm³/mol. The van der Waals surface area contributed by atoms with Crippen LogP contribution in [0.5, 0.6) is 5.75 Å². The normalized spacial score (nSPS) is 10.7. The number of carbonyl (C=O) groups is 1. The first-order chi connectivity index (χ1) is 12.0. The Balaban J connectivity index is 2.11. The van der Waals surface area contributed by atoms with E-state index in [9.17, 15) is 9.59 Å². The summed E-state index contributed by atoms with van der Waals surface area (Å²) in [5.41, 5.74) is 1.68. The molecule has 0 aliphatic rings. The zero-order chi connectivity index (χ0) is 18.2. The number of carbonyl (C=O) groups excluding carboxylic acids is 1. The van der Waals surface area contributed by atoms with Crippen LogP contribution in [0.3, 0.4) is 0 Å². The number of benzene rings is 1. The molecule has 25 heavy (non-hydrogen) atoms. The monoisotopic (exact) mass is 343 g/mol. The summed E-state index contributed by atoms with van der Waals surface area (Å²) in [5, 5.41) is 0. The smallest absolute Gasteiger partial charge is 0.308 e. The second-order valence-electron chi connectivity index (χ2n) is 6.10. The van der Waals surface area contributed by atoms with Crippen molar-refractivity contribution in [1.82, 2.24) is 4.57 Å². The topological polar surface area (TPSA) is 57.5 Å². The van der Waals surface area contributed by atoms with Crippen LogP contribution in [-0.4, -0.2) is 17.1 Å². The first-order valence-electron chi connectivity index (χ1n) is 8.58.